The number of amides is 3. The van der Waals surface area contributed by atoms with Gasteiger partial charge in [-0.2, -0.15) is 0 Å². The molecule has 6 nitrogen and oxygen atoms in total. The molecule has 0 unspecified atom stereocenters. The molecule has 2 aliphatic heterocycles. The number of hydrogen-bond donors (Lipinski definition) is 1. The zero-order valence-electron chi connectivity index (χ0n) is 16.4. The number of carbonyl (C=O) groups is 3. The van der Waals surface area contributed by atoms with Gasteiger partial charge in [-0.05, 0) is 62.1 Å². The van der Waals surface area contributed by atoms with Crippen molar-refractivity contribution in [3.05, 3.63) is 58.9 Å². The molecule has 3 amide bonds. The first kappa shape index (κ1) is 19.1. The van der Waals surface area contributed by atoms with Crippen LogP contribution in [-0.2, 0) is 9.59 Å². The van der Waals surface area contributed by atoms with Gasteiger partial charge in [0, 0.05) is 12.2 Å². The van der Waals surface area contributed by atoms with Crippen molar-refractivity contribution in [3.8, 4) is 0 Å². The van der Waals surface area contributed by atoms with Gasteiger partial charge >= 0.3 is 0 Å². The number of nitrogens with zero attached hydrogens (tertiary/aromatic N) is 2. The van der Waals surface area contributed by atoms with Crippen molar-refractivity contribution in [2.45, 2.75) is 32.7 Å². The van der Waals surface area contributed by atoms with Crippen LogP contribution in [0.15, 0.2) is 36.4 Å². The Balaban J connectivity index is 1.67. The van der Waals surface area contributed by atoms with E-state index in [0.29, 0.717) is 18.7 Å². The Labute approximate surface area is 168 Å². The number of benzene rings is 2. The molecule has 1 atom stereocenters. The molecule has 1 saturated heterocycles. The lowest BCUT2D eigenvalue weighted by atomic mass is 10.1. The van der Waals surface area contributed by atoms with E-state index < -0.39 is 17.8 Å². The van der Waals surface area contributed by atoms with E-state index in [2.05, 4.69) is 5.32 Å². The molecular formula is C22H22FN3O3. The van der Waals surface area contributed by atoms with Gasteiger partial charge in [-0.1, -0.05) is 12.1 Å². The summed E-state index contributed by atoms with van der Waals surface area (Å²) < 4.78 is 14.0. The van der Waals surface area contributed by atoms with E-state index in [1.165, 1.54) is 21.9 Å². The molecule has 2 aromatic carbocycles. The Bertz CT molecular complexity index is 1020. The zero-order chi connectivity index (χ0) is 20.7. The largest absolute Gasteiger partial charge is 0.327 e. The number of nitrogens with one attached hydrogen (secondary N) is 1. The Kier molecular flexibility index (Phi) is 4.82. The van der Waals surface area contributed by atoms with E-state index in [1.807, 2.05) is 32.0 Å². The van der Waals surface area contributed by atoms with Crippen molar-refractivity contribution in [2.75, 3.05) is 23.3 Å². The molecule has 0 bridgehead atoms. The van der Waals surface area contributed by atoms with Crippen LogP contribution in [-0.4, -0.2) is 41.8 Å². The minimum Gasteiger partial charge on any atom is -0.327 e. The SMILES string of the molecule is Cc1ccc(C)c(NC(=O)CN2C(=O)[C@@H]3CCCN3C(=O)c3ccc(F)cc32)c1. The summed E-state index contributed by atoms with van der Waals surface area (Å²) in [6.45, 7) is 3.99. The summed E-state index contributed by atoms with van der Waals surface area (Å²) in [5.41, 5.74) is 2.94. The zero-order valence-corrected chi connectivity index (χ0v) is 16.4. The normalized spacial score (nSPS) is 18.4. The second-order valence-corrected chi connectivity index (χ2v) is 7.61. The third kappa shape index (κ3) is 3.48. The Morgan fingerprint density at radius 1 is 1.17 bits per heavy atom. The molecule has 150 valence electrons. The van der Waals surface area contributed by atoms with Crippen LogP contribution in [0.25, 0.3) is 0 Å². The molecule has 1 N–H and O–H groups in total. The van der Waals surface area contributed by atoms with Gasteiger partial charge in [-0.25, -0.2) is 4.39 Å². The fourth-order valence-electron chi connectivity index (χ4n) is 4.00. The van der Waals surface area contributed by atoms with Crippen LogP contribution >= 0.6 is 0 Å². The summed E-state index contributed by atoms with van der Waals surface area (Å²) in [5, 5.41) is 2.83. The monoisotopic (exact) mass is 395 g/mol. The van der Waals surface area contributed by atoms with E-state index in [4.69, 9.17) is 0 Å². The summed E-state index contributed by atoms with van der Waals surface area (Å²) in [7, 11) is 0. The van der Waals surface area contributed by atoms with E-state index >= 15 is 0 Å². The molecule has 4 rings (SSSR count). The maximum absolute atomic E-state index is 14.0. The third-order valence-electron chi connectivity index (χ3n) is 5.51. The van der Waals surface area contributed by atoms with Crippen molar-refractivity contribution in [1.82, 2.24) is 4.90 Å². The van der Waals surface area contributed by atoms with Gasteiger partial charge in [-0.3, -0.25) is 14.4 Å². The van der Waals surface area contributed by atoms with Gasteiger partial charge in [0.15, 0.2) is 0 Å². The summed E-state index contributed by atoms with van der Waals surface area (Å²) in [5.74, 6) is -1.61. The molecule has 0 aromatic heterocycles. The van der Waals surface area contributed by atoms with E-state index in [1.54, 1.807) is 0 Å². The molecule has 29 heavy (non-hydrogen) atoms. The fourth-order valence-corrected chi connectivity index (χ4v) is 4.00. The number of rotatable bonds is 3. The van der Waals surface area contributed by atoms with Crippen LogP contribution in [0.1, 0.15) is 34.3 Å². The van der Waals surface area contributed by atoms with Gasteiger partial charge in [0.25, 0.3) is 5.91 Å². The highest BCUT2D eigenvalue weighted by Crippen LogP contribution is 2.33. The molecular weight excluding hydrogens is 373 g/mol. The van der Waals surface area contributed by atoms with Crippen LogP contribution in [0, 0.1) is 19.7 Å². The second-order valence-electron chi connectivity index (χ2n) is 7.61. The number of carbonyl (C=O) groups excluding carboxylic acids is 3. The predicted octanol–water partition coefficient (Wildman–Crippen LogP) is 3.03. The standard InChI is InChI=1S/C22H22FN3O3/c1-13-5-6-14(2)17(10-13)24-20(27)12-26-19-11-15(23)7-8-16(19)21(28)25-9-3-4-18(25)22(26)29/h5-8,10-11,18H,3-4,9,12H2,1-2H3,(H,24,27)/t18-/m0/s1. The molecule has 2 heterocycles. The fraction of sp³-hybridized carbons (Fsp3) is 0.318. The Morgan fingerprint density at radius 3 is 2.76 bits per heavy atom. The number of anilines is 2. The molecule has 2 aliphatic rings. The first-order valence-electron chi connectivity index (χ1n) is 9.64. The van der Waals surface area contributed by atoms with Gasteiger partial charge in [0.1, 0.15) is 18.4 Å². The highest BCUT2D eigenvalue weighted by atomic mass is 19.1. The van der Waals surface area contributed by atoms with Crippen LogP contribution < -0.4 is 10.2 Å². The quantitative estimate of drug-likeness (QED) is 0.869. The minimum atomic E-state index is -0.619. The van der Waals surface area contributed by atoms with Gasteiger partial charge in [0.2, 0.25) is 11.8 Å². The maximum Gasteiger partial charge on any atom is 0.256 e. The van der Waals surface area contributed by atoms with Crippen LogP contribution in [0.2, 0.25) is 0 Å². The third-order valence-corrected chi connectivity index (χ3v) is 5.51. The highest BCUT2D eigenvalue weighted by molar-refractivity contribution is 6.13. The Hall–Kier alpha value is -3.22. The number of fused-ring (bicyclic) bond motifs is 2. The average molecular weight is 395 g/mol. The molecule has 0 aliphatic carbocycles. The summed E-state index contributed by atoms with van der Waals surface area (Å²) in [6, 6.07) is 8.82. The van der Waals surface area contributed by atoms with Crippen LogP contribution in [0.5, 0.6) is 0 Å². The number of hydrogen-bond acceptors (Lipinski definition) is 3. The van der Waals surface area contributed by atoms with Gasteiger partial charge in [0.05, 0.1) is 11.3 Å². The van der Waals surface area contributed by atoms with E-state index in [-0.39, 0.29) is 29.6 Å². The molecule has 2 aromatic rings. The second kappa shape index (κ2) is 7.31. The van der Waals surface area contributed by atoms with Crippen molar-refractivity contribution < 1.29 is 18.8 Å². The maximum atomic E-state index is 14.0. The molecule has 0 spiro atoms. The lowest BCUT2D eigenvalue weighted by Crippen LogP contribution is -2.47. The average Bonchev–Trinajstić information content (AvgIpc) is 3.15. The first-order valence-corrected chi connectivity index (χ1v) is 9.64. The van der Waals surface area contributed by atoms with E-state index in [9.17, 15) is 18.8 Å². The first-order chi connectivity index (χ1) is 13.8. The van der Waals surface area contributed by atoms with E-state index in [0.717, 1.165) is 23.6 Å². The van der Waals surface area contributed by atoms with Crippen LogP contribution in [0.3, 0.4) is 0 Å². The number of halogens is 1. The molecule has 0 radical (unpaired) electrons. The van der Waals surface area contributed by atoms with Crippen molar-refractivity contribution >= 4 is 29.1 Å². The van der Waals surface area contributed by atoms with Crippen LogP contribution in [0.4, 0.5) is 15.8 Å². The van der Waals surface area contributed by atoms with Crippen molar-refractivity contribution in [3.63, 3.8) is 0 Å². The highest BCUT2D eigenvalue weighted by Gasteiger charge is 2.42. The summed E-state index contributed by atoms with van der Waals surface area (Å²) >= 11 is 0. The summed E-state index contributed by atoms with van der Waals surface area (Å²) in [4.78, 5) is 41.6. The van der Waals surface area contributed by atoms with Crippen molar-refractivity contribution in [2.24, 2.45) is 0 Å². The summed E-state index contributed by atoms with van der Waals surface area (Å²) in [6.07, 6.45) is 1.26. The Morgan fingerprint density at radius 2 is 1.97 bits per heavy atom. The minimum absolute atomic E-state index is 0.144. The smallest absolute Gasteiger partial charge is 0.256 e. The van der Waals surface area contributed by atoms with Gasteiger partial charge < -0.3 is 15.1 Å². The lowest BCUT2D eigenvalue weighted by Gasteiger charge is -2.25. The topological polar surface area (TPSA) is 69.7 Å². The van der Waals surface area contributed by atoms with Gasteiger partial charge in [-0.15, -0.1) is 0 Å². The number of aryl methyl sites for hydroxylation is 2. The predicted molar refractivity (Wildman–Crippen MR) is 107 cm³/mol. The molecule has 0 saturated carbocycles. The lowest BCUT2D eigenvalue weighted by molar-refractivity contribution is -0.124. The molecule has 7 heteroatoms. The van der Waals surface area contributed by atoms with Crippen molar-refractivity contribution in [1.29, 1.82) is 0 Å². The molecule has 1 fully saturated rings.